The van der Waals surface area contributed by atoms with Crippen LogP contribution < -0.4 is 15.4 Å². The first-order chi connectivity index (χ1) is 21.1. The second-order valence-corrected chi connectivity index (χ2v) is 12.3. The number of ether oxygens (including phenoxy) is 1. The molecule has 1 fully saturated rings. The molecule has 3 heterocycles. The number of nitrogens with one attached hydrogen (secondary N) is 2. The molecular weight excluding hydrogens is 554 g/mol. The highest BCUT2D eigenvalue weighted by Crippen LogP contribution is 2.36. The third kappa shape index (κ3) is 5.81. The highest BCUT2D eigenvalue weighted by atomic mass is 32.2. The van der Waals surface area contributed by atoms with Gasteiger partial charge in [0.1, 0.15) is 5.75 Å². The van der Waals surface area contributed by atoms with Gasteiger partial charge in [0.05, 0.1) is 13.2 Å². The van der Waals surface area contributed by atoms with Gasteiger partial charge in [0, 0.05) is 53.2 Å². The van der Waals surface area contributed by atoms with Crippen molar-refractivity contribution in [3.05, 3.63) is 114 Å². The fraction of sp³-hybridized carbons (Fsp3) is 0.229. The Balaban J connectivity index is 1.15. The van der Waals surface area contributed by atoms with Gasteiger partial charge in [-0.1, -0.05) is 66.4 Å². The number of nitrogens with zero attached hydrogens (tertiary/aromatic N) is 3. The van der Waals surface area contributed by atoms with E-state index in [4.69, 9.17) is 4.74 Å². The number of benzene rings is 4. The number of methoxy groups -OCH3 is 1. The first kappa shape index (κ1) is 27.4. The van der Waals surface area contributed by atoms with Crippen LogP contribution in [0.5, 0.6) is 5.75 Å². The molecule has 0 aliphatic carbocycles. The molecule has 0 bridgehead atoms. The fourth-order valence-electron chi connectivity index (χ4n) is 6.25. The Labute approximate surface area is 255 Å². The number of hydrogen-bond acceptors (Lipinski definition) is 7. The van der Waals surface area contributed by atoms with Crippen molar-refractivity contribution in [2.24, 2.45) is 0 Å². The smallest absolute Gasteiger partial charge is 0.241 e. The second kappa shape index (κ2) is 12.1. The van der Waals surface area contributed by atoms with Gasteiger partial charge in [-0.3, -0.25) is 9.69 Å². The number of amides is 1. The van der Waals surface area contributed by atoms with Crippen LogP contribution >= 0.6 is 11.8 Å². The van der Waals surface area contributed by atoms with Crippen LogP contribution in [0.15, 0.2) is 102 Å². The summed E-state index contributed by atoms with van der Waals surface area (Å²) in [7, 11) is 1.70. The summed E-state index contributed by atoms with van der Waals surface area (Å²) < 4.78 is 5.63. The fourth-order valence-corrected chi connectivity index (χ4v) is 7.33. The maximum atomic E-state index is 14.0. The molecule has 0 radical (unpaired) electrons. The molecule has 7 rings (SSSR count). The molecule has 4 aromatic carbocycles. The number of rotatable bonds is 7. The molecule has 43 heavy (non-hydrogen) atoms. The normalized spacial score (nSPS) is 17.9. The van der Waals surface area contributed by atoms with Crippen LogP contribution in [0.2, 0.25) is 0 Å². The van der Waals surface area contributed by atoms with E-state index in [0.717, 1.165) is 58.1 Å². The summed E-state index contributed by atoms with van der Waals surface area (Å²) >= 11 is 1.64. The Kier molecular flexibility index (Phi) is 7.70. The SMILES string of the molecule is COc1ccc(CN2C[C@@H](Sc3ncccn3)C[C@H]2C(=O)Nc2ccc3c(c2)Nc2ccccc2CC3)c2ccccc12. The van der Waals surface area contributed by atoms with Crippen LogP contribution in [0.3, 0.4) is 0 Å². The van der Waals surface area contributed by atoms with Crippen molar-refractivity contribution in [3.63, 3.8) is 0 Å². The highest BCUT2D eigenvalue weighted by molar-refractivity contribution is 7.99. The predicted octanol–water partition coefficient (Wildman–Crippen LogP) is 6.85. The average molecular weight is 588 g/mol. The Bertz CT molecular complexity index is 1780. The largest absolute Gasteiger partial charge is 0.496 e. The molecule has 216 valence electrons. The summed E-state index contributed by atoms with van der Waals surface area (Å²) in [4.78, 5) is 25.1. The summed E-state index contributed by atoms with van der Waals surface area (Å²) in [5, 5.41) is 9.99. The van der Waals surface area contributed by atoms with Crippen molar-refractivity contribution in [1.29, 1.82) is 0 Å². The van der Waals surface area contributed by atoms with Gasteiger partial charge in [0.2, 0.25) is 5.91 Å². The first-order valence-corrected chi connectivity index (χ1v) is 15.5. The number of hydrogen-bond donors (Lipinski definition) is 2. The minimum atomic E-state index is -0.297. The predicted molar refractivity (Wildman–Crippen MR) is 173 cm³/mol. The van der Waals surface area contributed by atoms with Crippen molar-refractivity contribution in [2.45, 2.75) is 42.3 Å². The van der Waals surface area contributed by atoms with E-state index in [0.29, 0.717) is 13.0 Å². The average Bonchev–Trinajstić information content (AvgIpc) is 3.33. The van der Waals surface area contributed by atoms with E-state index >= 15 is 0 Å². The zero-order valence-electron chi connectivity index (χ0n) is 24.0. The van der Waals surface area contributed by atoms with Crippen LogP contribution in [-0.4, -0.2) is 45.7 Å². The number of aromatic nitrogens is 2. The number of thioether (sulfide) groups is 1. The topological polar surface area (TPSA) is 79.4 Å². The number of para-hydroxylation sites is 1. The van der Waals surface area contributed by atoms with Crippen LogP contribution in [0, 0.1) is 0 Å². The quantitative estimate of drug-likeness (QED) is 0.202. The minimum absolute atomic E-state index is 0.00358. The molecule has 8 heteroatoms. The maximum Gasteiger partial charge on any atom is 0.241 e. The summed E-state index contributed by atoms with van der Waals surface area (Å²) in [5.74, 6) is 0.855. The molecule has 2 atom stereocenters. The molecule has 7 nitrogen and oxygen atoms in total. The molecular formula is C35H33N5O2S. The van der Waals surface area contributed by atoms with E-state index in [1.54, 1.807) is 31.3 Å². The van der Waals surface area contributed by atoms with Gasteiger partial charge in [-0.25, -0.2) is 9.97 Å². The highest BCUT2D eigenvalue weighted by Gasteiger charge is 2.38. The first-order valence-electron chi connectivity index (χ1n) is 14.7. The molecule has 2 aliphatic heterocycles. The molecule has 5 aromatic rings. The number of likely N-dealkylation sites (tertiary alicyclic amines) is 1. The van der Waals surface area contributed by atoms with E-state index in [-0.39, 0.29) is 17.2 Å². The monoisotopic (exact) mass is 587 g/mol. The molecule has 2 N–H and O–H groups in total. The standard InChI is InChI=1S/C35H33N5O2S/c1-42-33-16-14-25(28-8-3-4-9-29(28)33)21-40-22-27(43-35-36-17-6-18-37-35)20-32(40)34(41)38-26-15-13-24-12-11-23-7-2-5-10-30(23)39-31(24)19-26/h2-10,13-19,27,32,39H,11-12,20-22H2,1H3,(H,38,41)/t27-,32-/m0/s1. The minimum Gasteiger partial charge on any atom is -0.496 e. The van der Waals surface area contributed by atoms with Gasteiger partial charge in [-0.2, -0.15) is 0 Å². The zero-order chi connectivity index (χ0) is 29.2. The van der Waals surface area contributed by atoms with E-state index < -0.39 is 0 Å². The molecule has 1 saturated heterocycles. The molecule has 0 saturated carbocycles. The van der Waals surface area contributed by atoms with Crippen LogP contribution in [0.4, 0.5) is 17.1 Å². The Morgan fingerprint density at radius 1 is 0.930 bits per heavy atom. The summed E-state index contributed by atoms with van der Waals surface area (Å²) in [6.45, 7) is 1.40. The van der Waals surface area contributed by atoms with Crippen LogP contribution in [-0.2, 0) is 24.2 Å². The van der Waals surface area contributed by atoms with E-state index in [1.165, 1.54) is 16.7 Å². The lowest BCUT2D eigenvalue weighted by atomic mass is 10.0. The number of carbonyl (C=O) groups excluding carboxylic acids is 1. The molecule has 1 aromatic heterocycles. The maximum absolute atomic E-state index is 14.0. The van der Waals surface area contributed by atoms with Gasteiger partial charge in [0.25, 0.3) is 0 Å². The molecule has 1 amide bonds. The third-order valence-corrected chi connectivity index (χ3v) is 9.47. The Hall–Kier alpha value is -4.40. The van der Waals surface area contributed by atoms with Crippen molar-refractivity contribution in [1.82, 2.24) is 14.9 Å². The van der Waals surface area contributed by atoms with E-state index in [1.807, 2.05) is 24.3 Å². The van der Waals surface area contributed by atoms with Gasteiger partial charge < -0.3 is 15.4 Å². The van der Waals surface area contributed by atoms with Gasteiger partial charge in [0.15, 0.2) is 5.16 Å². The van der Waals surface area contributed by atoms with Crippen molar-refractivity contribution in [2.75, 3.05) is 24.3 Å². The van der Waals surface area contributed by atoms with Gasteiger partial charge in [-0.15, -0.1) is 0 Å². The third-order valence-electron chi connectivity index (χ3n) is 8.38. The van der Waals surface area contributed by atoms with Crippen molar-refractivity contribution in [3.8, 4) is 5.75 Å². The molecule has 0 spiro atoms. The summed E-state index contributed by atoms with van der Waals surface area (Å²) in [6, 6.07) is 28.6. The number of anilines is 3. The van der Waals surface area contributed by atoms with Crippen LogP contribution in [0.1, 0.15) is 23.1 Å². The summed E-state index contributed by atoms with van der Waals surface area (Å²) in [5.41, 5.74) is 6.70. The van der Waals surface area contributed by atoms with Crippen LogP contribution in [0.25, 0.3) is 10.8 Å². The lowest BCUT2D eigenvalue weighted by Crippen LogP contribution is -2.39. The number of fused-ring (bicyclic) bond motifs is 3. The number of carbonyl (C=O) groups is 1. The molecule has 0 unspecified atom stereocenters. The second-order valence-electron chi connectivity index (χ2n) is 11.1. The summed E-state index contributed by atoms with van der Waals surface area (Å²) in [6.07, 6.45) is 6.18. The Morgan fingerprint density at radius 3 is 2.53 bits per heavy atom. The van der Waals surface area contributed by atoms with Crippen molar-refractivity contribution < 1.29 is 9.53 Å². The number of aryl methyl sites for hydroxylation is 2. The van der Waals surface area contributed by atoms with Gasteiger partial charge >= 0.3 is 0 Å². The lowest BCUT2D eigenvalue weighted by Gasteiger charge is -2.25. The van der Waals surface area contributed by atoms with E-state index in [9.17, 15) is 4.79 Å². The van der Waals surface area contributed by atoms with Gasteiger partial charge in [-0.05, 0) is 71.7 Å². The molecule has 2 aliphatic rings. The van der Waals surface area contributed by atoms with Crippen molar-refractivity contribution >= 4 is 45.5 Å². The lowest BCUT2D eigenvalue weighted by molar-refractivity contribution is -0.120. The van der Waals surface area contributed by atoms with E-state index in [2.05, 4.69) is 86.2 Å². The zero-order valence-corrected chi connectivity index (χ0v) is 24.8. The Morgan fingerprint density at radius 2 is 1.70 bits per heavy atom.